The summed E-state index contributed by atoms with van der Waals surface area (Å²) in [5.41, 5.74) is 8.95. The summed E-state index contributed by atoms with van der Waals surface area (Å²) in [6.07, 6.45) is 0. The molecular weight excluding hydrogens is 536 g/mol. The Morgan fingerprint density at radius 3 is 1.57 bits per heavy atom. The second-order valence-corrected chi connectivity index (χ2v) is 11.5. The standard InChI is InChI=1S/C42H26O2/c43-32-20-18-29-25-40-38(24-31(29)22-32)37-23-30(19-21-39(37)44-40)42-35-12-6-4-10-33(35)41(34-11-5-7-13-36(34)42)28-16-14-27(15-17-28)26-8-2-1-3-9-26/h1-25,43H. The van der Waals surface area contributed by atoms with Crippen LogP contribution in [0.4, 0.5) is 0 Å². The maximum Gasteiger partial charge on any atom is 0.136 e. The molecule has 1 aromatic heterocycles. The first kappa shape index (κ1) is 24.7. The van der Waals surface area contributed by atoms with Crippen molar-refractivity contribution in [2.45, 2.75) is 0 Å². The van der Waals surface area contributed by atoms with E-state index >= 15 is 0 Å². The summed E-state index contributed by atoms with van der Waals surface area (Å²) < 4.78 is 6.31. The molecule has 0 radical (unpaired) electrons. The van der Waals surface area contributed by atoms with Gasteiger partial charge in [-0.15, -0.1) is 0 Å². The zero-order valence-corrected chi connectivity index (χ0v) is 23.8. The molecule has 0 saturated heterocycles. The highest BCUT2D eigenvalue weighted by molar-refractivity contribution is 6.22. The van der Waals surface area contributed by atoms with E-state index in [-0.39, 0.29) is 5.75 Å². The number of phenolic OH excluding ortho intramolecular Hbond substituents is 1. The van der Waals surface area contributed by atoms with Crippen molar-refractivity contribution in [3.05, 3.63) is 152 Å². The lowest BCUT2D eigenvalue weighted by molar-refractivity contribution is 0.476. The Morgan fingerprint density at radius 2 is 0.886 bits per heavy atom. The third kappa shape index (κ3) is 3.82. The first-order valence-electron chi connectivity index (χ1n) is 14.9. The largest absolute Gasteiger partial charge is 0.508 e. The predicted molar refractivity (Wildman–Crippen MR) is 184 cm³/mol. The van der Waals surface area contributed by atoms with Crippen LogP contribution in [-0.2, 0) is 0 Å². The fourth-order valence-electron chi connectivity index (χ4n) is 6.87. The molecule has 0 aliphatic rings. The van der Waals surface area contributed by atoms with Gasteiger partial charge in [-0.05, 0) is 102 Å². The number of hydrogen-bond acceptors (Lipinski definition) is 2. The summed E-state index contributed by atoms with van der Waals surface area (Å²) in [5, 5.41) is 19.1. The Bertz CT molecular complexity index is 2480. The molecule has 0 aliphatic heterocycles. The topological polar surface area (TPSA) is 33.4 Å². The van der Waals surface area contributed by atoms with Crippen molar-refractivity contribution in [2.24, 2.45) is 0 Å². The minimum Gasteiger partial charge on any atom is -0.508 e. The second-order valence-electron chi connectivity index (χ2n) is 11.5. The lowest BCUT2D eigenvalue weighted by atomic mass is 9.85. The number of benzene rings is 8. The van der Waals surface area contributed by atoms with Crippen LogP contribution < -0.4 is 0 Å². The van der Waals surface area contributed by atoms with Crippen LogP contribution in [0.2, 0.25) is 0 Å². The van der Waals surface area contributed by atoms with Crippen molar-refractivity contribution in [2.75, 3.05) is 0 Å². The van der Waals surface area contributed by atoms with Gasteiger partial charge < -0.3 is 9.52 Å². The van der Waals surface area contributed by atoms with Gasteiger partial charge in [-0.25, -0.2) is 0 Å². The molecule has 44 heavy (non-hydrogen) atoms. The molecule has 0 bridgehead atoms. The van der Waals surface area contributed by atoms with E-state index < -0.39 is 0 Å². The zero-order chi connectivity index (χ0) is 29.2. The highest BCUT2D eigenvalue weighted by atomic mass is 16.3. The normalized spacial score (nSPS) is 11.7. The van der Waals surface area contributed by atoms with Crippen molar-refractivity contribution >= 4 is 54.3 Å². The maximum absolute atomic E-state index is 10.1. The van der Waals surface area contributed by atoms with Crippen LogP contribution in [0.3, 0.4) is 0 Å². The summed E-state index contributed by atoms with van der Waals surface area (Å²) in [4.78, 5) is 0. The van der Waals surface area contributed by atoms with Crippen LogP contribution >= 0.6 is 0 Å². The average molecular weight is 563 g/mol. The molecule has 206 valence electrons. The number of phenols is 1. The number of fused-ring (bicyclic) bond motifs is 6. The van der Waals surface area contributed by atoms with Gasteiger partial charge in [-0.1, -0.05) is 115 Å². The zero-order valence-electron chi connectivity index (χ0n) is 23.8. The first-order chi connectivity index (χ1) is 21.7. The van der Waals surface area contributed by atoms with Crippen LogP contribution in [0.5, 0.6) is 5.75 Å². The minimum absolute atomic E-state index is 0.262. The van der Waals surface area contributed by atoms with E-state index in [1.807, 2.05) is 12.1 Å². The van der Waals surface area contributed by atoms with Crippen LogP contribution in [0, 0.1) is 0 Å². The molecule has 0 atom stereocenters. The first-order valence-corrected chi connectivity index (χ1v) is 14.9. The van der Waals surface area contributed by atoms with Gasteiger partial charge in [0.15, 0.2) is 0 Å². The summed E-state index contributed by atoms with van der Waals surface area (Å²) in [6, 6.07) is 53.2. The van der Waals surface area contributed by atoms with E-state index in [1.54, 1.807) is 6.07 Å². The van der Waals surface area contributed by atoms with Gasteiger partial charge >= 0.3 is 0 Å². The Morgan fingerprint density at radius 1 is 0.341 bits per heavy atom. The molecule has 9 aromatic rings. The Labute approximate surface area is 254 Å². The molecule has 0 aliphatic carbocycles. The molecule has 0 saturated carbocycles. The number of rotatable bonds is 3. The summed E-state index contributed by atoms with van der Waals surface area (Å²) >= 11 is 0. The van der Waals surface area contributed by atoms with Crippen LogP contribution in [0.1, 0.15) is 0 Å². The van der Waals surface area contributed by atoms with E-state index in [2.05, 4.69) is 133 Å². The molecule has 2 nitrogen and oxygen atoms in total. The van der Waals surface area contributed by atoms with Crippen molar-refractivity contribution in [1.82, 2.24) is 0 Å². The van der Waals surface area contributed by atoms with Crippen molar-refractivity contribution < 1.29 is 9.52 Å². The van der Waals surface area contributed by atoms with Crippen LogP contribution in [0.25, 0.3) is 87.6 Å². The monoisotopic (exact) mass is 562 g/mol. The fourth-order valence-corrected chi connectivity index (χ4v) is 6.87. The highest BCUT2D eigenvalue weighted by Gasteiger charge is 2.18. The molecule has 1 heterocycles. The molecule has 0 fully saturated rings. The summed E-state index contributed by atoms with van der Waals surface area (Å²) in [7, 11) is 0. The fraction of sp³-hybridized carbons (Fsp3) is 0. The predicted octanol–water partition coefficient (Wildman–Crippen LogP) is 11.8. The van der Waals surface area contributed by atoms with Gasteiger partial charge in [-0.2, -0.15) is 0 Å². The molecule has 0 amide bonds. The van der Waals surface area contributed by atoms with Gasteiger partial charge in [0.05, 0.1) is 0 Å². The lowest BCUT2D eigenvalue weighted by Crippen LogP contribution is -1.91. The average Bonchev–Trinajstić information content (AvgIpc) is 3.43. The molecular formula is C42H26O2. The van der Waals surface area contributed by atoms with Gasteiger partial charge in [0, 0.05) is 10.8 Å². The highest BCUT2D eigenvalue weighted by Crippen LogP contribution is 2.45. The summed E-state index contributed by atoms with van der Waals surface area (Å²) in [6.45, 7) is 0. The third-order valence-corrected chi connectivity index (χ3v) is 8.91. The van der Waals surface area contributed by atoms with Crippen molar-refractivity contribution in [3.8, 4) is 39.1 Å². The quantitative estimate of drug-likeness (QED) is 0.217. The van der Waals surface area contributed by atoms with Gasteiger partial charge in [-0.3, -0.25) is 0 Å². The van der Waals surface area contributed by atoms with E-state index in [9.17, 15) is 5.11 Å². The second kappa shape index (κ2) is 9.58. The van der Waals surface area contributed by atoms with Crippen molar-refractivity contribution in [3.63, 3.8) is 0 Å². The van der Waals surface area contributed by atoms with E-state index in [4.69, 9.17) is 4.42 Å². The maximum atomic E-state index is 10.1. The van der Waals surface area contributed by atoms with Crippen LogP contribution in [-0.4, -0.2) is 5.11 Å². The van der Waals surface area contributed by atoms with E-state index in [0.717, 1.165) is 38.3 Å². The van der Waals surface area contributed by atoms with Crippen LogP contribution in [0.15, 0.2) is 156 Å². The molecule has 2 heteroatoms. The Balaban J connectivity index is 1.29. The van der Waals surface area contributed by atoms with Gasteiger partial charge in [0.1, 0.15) is 16.9 Å². The summed E-state index contributed by atoms with van der Waals surface area (Å²) in [5.74, 6) is 0.262. The molecule has 1 N–H and O–H groups in total. The number of aromatic hydroxyl groups is 1. The number of furan rings is 1. The molecule has 0 unspecified atom stereocenters. The third-order valence-electron chi connectivity index (χ3n) is 8.91. The van der Waals surface area contributed by atoms with E-state index in [0.29, 0.717) is 0 Å². The SMILES string of the molecule is Oc1ccc2cc3oc4ccc(-c5c6ccccc6c(-c6ccc(-c7ccccc7)cc6)c6ccccc56)cc4c3cc2c1. The minimum atomic E-state index is 0.262. The Kier molecular flexibility index (Phi) is 5.38. The lowest BCUT2D eigenvalue weighted by Gasteiger charge is -2.18. The number of hydrogen-bond donors (Lipinski definition) is 1. The Hall–Kier alpha value is -5.86. The molecule has 9 rings (SSSR count). The smallest absolute Gasteiger partial charge is 0.136 e. The van der Waals surface area contributed by atoms with Gasteiger partial charge in [0.25, 0.3) is 0 Å². The molecule has 8 aromatic carbocycles. The van der Waals surface area contributed by atoms with Crippen molar-refractivity contribution in [1.29, 1.82) is 0 Å². The molecule has 0 spiro atoms. The van der Waals surface area contributed by atoms with E-state index in [1.165, 1.54) is 49.4 Å². The van der Waals surface area contributed by atoms with Gasteiger partial charge in [0.2, 0.25) is 0 Å².